The molecule has 1 heterocycles. The van der Waals surface area contributed by atoms with E-state index in [0.717, 1.165) is 10.4 Å². The van der Waals surface area contributed by atoms with Crippen molar-refractivity contribution in [1.29, 1.82) is 0 Å². The minimum Gasteiger partial charge on any atom is -0.326 e. The lowest BCUT2D eigenvalue weighted by Crippen LogP contribution is -2.23. The van der Waals surface area contributed by atoms with Crippen molar-refractivity contribution in [3.05, 3.63) is 50.6 Å². The van der Waals surface area contributed by atoms with Gasteiger partial charge in [-0.05, 0) is 27.6 Å². The average molecular weight is 361 g/mol. The van der Waals surface area contributed by atoms with Crippen LogP contribution >= 0.6 is 27.3 Å². The molecule has 0 aliphatic rings. The fraction of sp³-hybridized carbons (Fsp3) is 0.167. The Bertz CT molecular complexity index is 654. The number of halogens is 1. The van der Waals surface area contributed by atoms with Gasteiger partial charge in [0, 0.05) is 18.0 Å². The summed E-state index contributed by atoms with van der Waals surface area (Å²) in [7, 11) is -3.52. The molecule has 2 rings (SSSR count). The zero-order chi connectivity index (χ0) is 13.9. The Morgan fingerprint density at radius 1 is 1.26 bits per heavy atom. The van der Waals surface area contributed by atoms with Crippen molar-refractivity contribution in [2.24, 2.45) is 5.73 Å². The van der Waals surface area contributed by atoms with Crippen LogP contribution in [-0.2, 0) is 23.1 Å². The molecule has 1 aromatic heterocycles. The van der Waals surface area contributed by atoms with E-state index < -0.39 is 10.0 Å². The summed E-state index contributed by atoms with van der Waals surface area (Å²) in [4.78, 5) is 1.07. The number of benzene rings is 1. The van der Waals surface area contributed by atoms with E-state index in [9.17, 15) is 8.42 Å². The smallest absolute Gasteiger partial charge is 0.242 e. The van der Waals surface area contributed by atoms with Gasteiger partial charge in [-0.15, -0.1) is 11.3 Å². The summed E-state index contributed by atoms with van der Waals surface area (Å²) < 4.78 is 27.5. The van der Waals surface area contributed by atoms with Crippen molar-refractivity contribution in [2.75, 3.05) is 0 Å². The summed E-state index contributed by atoms with van der Waals surface area (Å²) >= 11 is 4.60. The molecule has 3 N–H and O–H groups in total. The molecule has 0 unspecified atom stereocenters. The zero-order valence-electron chi connectivity index (χ0n) is 9.97. The van der Waals surface area contributed by atoms with Gasteiger partial charge in [0.2, 0.25) is 10.0 Å². The second-order valence-corrected chi connectivity index (χ2v) is 8.05. The Labute approximate surface area is 124 Å². The second-order valence-electron chi connectivity index (χ2n) is 3.86. The number of nitrogens with one attached hydrogen (secondary N) is 1. The third kappa shape index (κ3) is 3.64. The van der Waals surface area contributed by atoms with E-state index >= 15 is 0 Å². The van der Waals surface area contributed by atoms with E-state index in [1.54, 1.807) is 6.07 Å². The van der Waals surface area contributed by atoms with Crippen molar-refractivity contribution in [1.82, 2.24) is 4.72 Å². The Balaban J connectivity index is 2.16. The molecule has 19 heavy (non-hydrogen) atoms. The third-order valence-electron chi connectivity index (χ3n) is 2.51. The first kappa shape index (κ1) is 14.7. The molecule has 102 valence electrons. The highest BCUT2D eigenvalue weighted by atomic mass is 79.9. The number of sulfonamides is 1. The van der Waals surface area contributed by atoms with E-state index in [2.05, 4.69) is 20.7 Å². The highest BCUT2D eigenvalue weighted by molar-refractivity contribution is 9.11. The Hall–Kier alpha value is -0.730. The molecule has 2 aromatic rings. The third-order valence-corrected chi connectivity index (χ3v) is 6.18. The van der Waals surface area contributed by atoms with E-state index in [4.69, 9.17) is 5.73 Å². The SMILES string of the molecule is NCc1cc(S(=O)(=O)NCc2ccccc2)c(Br)s1. The standard InChI is InChI=1S/C12H13BrN2O2S2/c13-12-11(6-10(7-14)18-12)19(16,17)15-8-9-4-2-1-3-5-9/h1-6,15H,7-8,14H2. The molecule has 0 spiro atoms. The average Bonchev–Trinajstić information content (AvgIpc) is 2.80. The van der Waals surface area contributed by atoms with E-state index in [0.29, 0.717) is 10.3 Å². The normalized spacial score (nSPS) is 11.7. The lowest BCUT2D eigenvalue weighted by molar-refractivity contribution is 0.581. The molecule has 0 radical (unpaired) electrons. The van der Waals surface area contributed by atoms with Gasteiger partial charge >= 0.3 is 0 Å². The van der Waals surface area contributed by atoms with Gasteiger partial charge in [0.25, 0.3) is 0 Å². The highest BCUT2D eigenvalue weighted by Crippen LogP contribution is 2.31. The van der Waals surface area contributed by atoms with Crippen LogP contribution in [0.1, 0.15) is 10.4 Å². The van der Waals surface area contributed by atoms with Gasteiger partial charge in [0.05, 0.1) is 3.79 Å². The maximum Gasteiger partial charge on any atom is 0.242 e. The van der Waals surface area contributed by atoms with Gasteiger partial charge in [-0.2, -0.15) is 0 Å². The van der Waals surface area contributed by atoms with Crippen LogP contribution in [-0.4, -0.2) is 8.42 Å². The van der Waals surface area contributed by atoms with Crippen molar-refractivity contribution < 1.29 is 8.42 Å². The summed E-state index contributed by atoms with van der Waals surface area (Å²) in [5.74, 6) is 0. The Morgan fingerprint density at radius 2 is 1.95 bits per heavy atom. The topological polar surface area (TPSA) is 72.2 Å². The minimum atomic E-state index is -3.52. The highest BCUT2D eigenvalue weighted by Gasteiger charge is 2.20. The van der Waals surface area contributed by atoms with Crippen LogP contribution in [0.25, 0.3) is 0 Å². The number of hydrogen-bond acceptors (Lipinski definition) is 4. The molecule has 0 saturated carbocycles. The van der Waals surface area contributed by atoms with Gasteiger partial charge in [-0.3, -0.25) is 0 Å². The summed E-state index contributed by atoms with van der Waals surface area (Å²) in [5.41, 5.74) is 6.43. The Morgan fingerprint density at radius 3 is 2.53 bits per heavy atom. The van der Waals surface area contributed by atoms with Crippen LogP contribution in [0.2, 0.25) is 0 Å². The number of thiophene rings is 1. The molecule has 7 heteroatoms. The molecular weight excluding hydrogens is 348 g/mol. The van der Waals surface area contributed by atoms with Gasteiger partial charge in [-0.25, -0.2) is 13.1 Å². The van der Waals surface area contributed by atoms with Gasteiger partial charge < -0.3 is 5.73 Å². The molecule has 1 aromatic carbocycles. The molecule has 0 bridgehead atoms. The van der Waals surface area contributed by atoms with Crippen LogP contribution in [0.15, 0.2) is 45.1 Å². The van der Waals surface area contributed by atoms with Crippen LogP contribution in [0.5, 0.6) is 0 Å². The first-order chi connectivity index (χ1) is 9.03. The fourth-order valence-electron chi connectivity index (χ4n) is 1.53. The molecule has 0 amide bonds. The summed E-state index contributed by atoms with van der Waals surface area (Å²) in [6.45, 7) is 0.598. The largest absolute Gasteiger partial charge is 0.326 e. The lowest BCUT2D eigenvalue weighted by atomic mass is 10.2. The summed E-state index contributed by atoms with van der Waals surface area (Å²) in [6, 6.07) is 11.0. The maximum atomic E-state index is 12.2. The summed E-state index contributed by atoms with van der Waals surface area (Å²) in [5, 5.41) is 0. The van der Waals surface area contributed by atoms with E-state index in [1.807, 2.05) is 30.3 Å². The summed E-state index contributed by atoms with van der Waals surface area (Å²) in [6.07, 6.45) is 0. The molecule has 0 saturated heterocycles. The lowest BCUT2D eigenvalue weighted by Gasteiger charge is -2.05. The molecule has 0 aliphatic heterocycles. The maximum absolute atomic E-state index is 12.2. The first-order valence-corrected chi connectivity index (χ1v) is 8.64. The van der Waals surface area contributed by atoms with Crippen LogP contribution in [0, 0.1) is 0 Å². The van der Waals surface area contributed by atoms with Gasteiger partial charge in [0.15, 0.2) is 0 Å². The molecule has 0 aliphatic carbocycles. The Kier molecular flexibility index (Phi) is 4.75. The van der Waals surface area contributed by atoms with Crippen LogP contribution in [0.4, 0.5) is 0 Å². The number of nitrogens with two attached hydrogens (primary N) is 1. The van der Waals surface area contributed by atoms with Crippen molar-refractivity contribution in [3.63, 3.8) is 0 Å². The molecule has 4 nitrogen and oxygen atoms in total. The van der Waals surface area contributed by atoms with Gasteiger partial charge in [0.1, 0.15) is 4.90 Å². The monoisotopic (exact) mass is 360 g/mol. The zero-order valence-corrected chi connectivity index (χ0v) is 13.2. The molecule has 0 fully saturated rings. The number of rotatable bonds is 5. The molecule has 0 atom stereocenters. The number of hydrogen-bond donors (Lipinski definition) is 2. The minimum absolute atomic E-state index is 0.244. The second kappa shape index (κ2) is 6.15. The van der Waals surface area contributed by atoms with Crippen molar-refractivity contribution in [2.45, 2.75) is 18.0 Å². The van der Waals surface area contributed by atoms with E-state index in [1.165, 1.54) is 11.3 Å². The quantitative estimate of drug-likeness (QED) is 0.859. The fourth-order valence-corrected chi connectivity index (χ4v) is 5.11. The predicted molar refractivity (Wildman–Crippen MR) is 80.4 cm³/mol. The van der Waals surface area contributed by atoms with Crippen LogP contribution < -0.4 is 10.5 Å². The van der Waals surface area contributed by atoms with Crippen molar-refractivity contribution >= 4 is 37.3 Å². The van der Waals surface area contributed by atoms with E-state index in [-0.39, 0.29) is 11.4 Å². The van der Waals surface area contributed by atoms with Crippen LogP contribution in [0.3, 0.4) is 0 Å². The van der Waals surface area contributed by atoms with Crippen molar-refractivity contribution in [3.8, 4) is 0 Å². The predicted octanol–water partition coefficient (Wildman–Crippen LogP) is 2.45. The molecular formula is C12H13BrN2O2S2. The van der Waals surface area contributed by atoms with Gasteiger partial charge in [-0.1, -0.05) is 30.3 Å². The first-order valence-electron chi connectivity index (χ1n) is 5.55.